The molecule has 0 aliphatic rings. The third-order valence-corrected chi connectivity index (χ3v) is 4.06. The lowest BCUT2D eigenvalue weighted by Crippen LogP contribution is -2.46. The molecule has 0 fully saturated rings. The second-order valence-corrected chi connectivity index (χ2v) is 7.06. The highest BCUT2D eigenvalue weighted by atomic mass is 32.2. The number of rotatable bonds is 7. The van der Waals surface area contributed by atoms with Gasteiger partial charge in [-0.25, -0.2) is 0 Å². The van der Waals surface area contributed by atoms with E-state index in [2.05, 4.69) is 44.3 Å². The van der Waals surface area contributed by atoms with Crippen molar-refractivity contribution in [2.75, 3.05) is 7.11 Å². The molecule has 1 rings (SSSR count). The average Bonchev–Trinajstić information content (AvgIpc) is 2.38. The Hall–Kier alpha value is -1.18. The van der Waals surface area contributed by atoms with Gasteiger partial charge in [-0.1, -0.05) is 6.92 Å². The van der Waals surface area contributed by atoms with E-state index in [1.807, 2.05) is 19.1 Å². The summed E-state index contributed by atoms with van der Waals surface area (Å²) < 4.78 is 5.15. The lowest BCUT2D eigenvalue weighted by molar-refractivity contribution is 0.382. The Morgan fingerprint density at radius 2 is 1.90 bits per heavy atom. The van der Waals surface area contributed by atoms with Crippen LogP contribution in [0, 0.1) is 11.3 Å². The SMILES string of the molecule is COc1ccc(SC(C)CC(C)(C#N)NC(C)C)cc1. The van der Waals surface area contributed by atoms with E-state index < -0.39 is 5.54 Å². The van der Waals surface area contributed by atoms with Gasteiger partial charge in [0.1, 0.15) is 11.3 Å². The molecule has 2 atom stereocenters. The van der Waals surface area contributed by atoms with Crippen LogP contribution in [0.1, 0.15) is 34.1 Å². The van der Waals surface area contributed by atoms with Crippen molar-refractivity contribution in [3.05, 3.63) is 24.3 Å². The topological polar surface area (TPSA) is 45.0 Å². The summed E-state index contributed by atoms with van der Waals surface area (Å²) in [6, 6.07) is 10.7. The van der Waals surface area contributed by atoms with Crippen LogP contribution in [0.25, 0.3) is 0 Å². The molecule has 0 aromatic heterocycles. The second-order valence-electron chi connectivity index (χ2n) is 5.55. The second kappa shape index (κ2) is 7.56. The summed E-state index contributed by atoms with van der Waals surface area (Å²) in [6.07, 6.45) is 0.804. The van der Waals surface area contributed by atoms with Crippen molar-refractivity contribution >= 4 is 11.8 Å². The van der Waals surface area contributed by atoms with Crippen LogP contribution in [-0.4, -0.2) is 23.9 Å². The fourth-order valence-electron chi connectivity index (χ4n) is 2.28. The van der Waals surface area contributed by atoms with Gasteiger partial charge >= 0.3 is 0 Å². The number of methoxy groups -OCH3 is 1. The number of nitrogens with one attached hydrogen (secondary N) is 1. The van der Waals surface area contributed by atoms with Gasteiger partial charge in [-0.15, -0.1) is 11.8 Å². The Morgan fingerprint density at radius 3 is 2.35 bits per heavy atom. The molecule has 2 unspecified atom stereocenters. The number of thioether (sulfide) groups is 1. The van der Waals surface area contributed by atoms with Gasteiger partial charge in [-0.2, -0.15) is 5.26 Å². The highest BCUT2D eigenvalue weighted by molar-refractivity contribution is 7.99. The van der Waals surface area contributed by atoms with E-state index in [-0.39, 0.29) is 0 Å². The molecule has 0 aliphatic carbocycles. The molecule has 0 spiro atoms. The summed E-state index contributed by atoms with van der Waals surface area (Å²) in [4.78, 5) is 1.20. The molecule has 0 radical (unpaired) electrons. The number of nitriles is 1. The summed E-state index contributed by atoms with van der Waals surface area (Å²) in [5.74, 6) is 0.866. The van der Waals surface area contributed by atoms with Crippen molar-refractivity contribution < 1.29 is 4.74 Å². The lowest BCUT2D eigenvalue weighted by Gasteiger charge is -2.28. The van der Waals surface area contributed by atoms with E-state index in [0.29, 0.717) is 11.3 Å². The standard InChI is InChI=1S/C16H24N2OS/c1-12(2)18-16(4,11-17)10-13(3)20-15-8-6-14(19-5)7-9-15/h6-9,12-13,18H,10H2,1-5H3. The first kappa shape index (κ1) is 16.9. The van der Waals surface area contributed by atoms with Crippen molar-refractivity contribution in [1.82, 2.24) is 5.32 Å². The van der Waals surface area contributed by atoms with Crippen LogP contribution >= 0.6 is 11.8 Å². The van der Waals surface area contributed by atoms with Gasteiger partial charge in [0.15, 0.2) is 0 Å². The number of benzene rings is 1. The van der Waals surface area contributed by atoms with Crippen LogP contribution < -0.4 is 10.1 Å². The number of nitrogens with zero attached hydrogens (tertiary/aromatic N) is 1. The van der Waals surface area contributed by atoms with E-state index in [9.17, 15) is 5.26 Å². The van der Waals surface area contributed by atoms with Gasteiger partial charge in [0.2, 0.25) is 0 Å². The molecule has 1 N–H and O–H groups in total. The average molecular weight is 292 g/mol. The third-order valence-electron chi connectivity index (χ3n) is 2.95. The van der Waals surface area contributed by atoms with Gasteiger partial charge in [0, 0.05) is 16.2 Å². The van der Waals surface area contributed by atoms with Gasteiger partial charge in [0.05, 0.1) is 13.2 Å². The smallest absolute Gasteiger partial charge is 0.118 e. The minimum atomic E-state index is -0.479. The zero-order valence-corrected chi connectivity index (χ0v) is 13.8. The maximum atomic E-state index is 9.38. The van der Waals surface area contributed by atoms with E-state index in [1.165, 1.54) is 4.90 Å². The first-order chi connectivity index (χ1) is 9.38. The molecule has 0 saturated heterocycles. The quantitative estimate of drug-likeness (QED) is 0.775. The van der Waals surface area contributed by atoms with Crippen LogP contribution in [0.15, 0.2) is 29.2 Å². The molecule has 0 saturated carbocycles. The van der Waals surface area contributed by atoms with Gasteiger partial charge in [-0.05, 0) is 51.5 Å². The van der Waals surface area contributed by atoms with E-state index in [1.54, 1.807) is 18.9 Å². The minimum absolute atomic E-state index is 0.304. The van der Waals surface area contributed by atoms with Crippen LogP contribution in [0.4, 0.5) is 0 Å². The molecule has 4 heteroatoms. The third kappa shape index (κ3) is 5.44. The lowest BCUT2D eigenvalue weighted by atomic mass is 9.97. The highest BCUT2D eigenvalue weighted by Crippen LogP contribution is 2.29. The summed E-state index contributed by atoms with van der Waals surface area (Å²) in [7, 11) is 1.67. The molecule has 1 aromatic carbocycles. The van der Waals surface area contributed by atoms with E-state index in [4.69, 9.17) is 4.74 Å². The van der Waals surface area contributed by atoms with Crippen LogP contribution in [0.2, 0.25) is 0 Å². The zero-order chi connectivity index (χ0) is 15.2. The van der Waals surface area contributed by atoms with Crippen LogP contribution in [0.5, 0.6) is 5.75 Å². The monoisotopic (exact) mass is 292 g/mol. The van der Waals surface area contributed by atoms with Crippen LogP contribution in [-0.2, 0) is 0 Å². The van der Waals surface area contributed by atoms with E-state index in [0.717, 1.165) is 12.2 Å². The normalized spacial score (nSPS) is 15.4. The number of ether oxygens (including phenoxy) is 1. The number of hydrogen-bond donors (Lipinski definition) is 1. The molecule has 0 heterocycles. The van der Waals surface area contributed by atoms with Gasteiger partial charge in [0.25, 0.3) is 0 Å². The molecule has 1 aromatic rings. The minimum Gasteiger partial charge on any atom is -0.497 e. The van der Waals surface area contributed by atoms with E-state index >= 15 is 0 Å². The highest BCUT2D eigenvalue weighted by Gasteiger charge is 2.27. The summed E-state index contributed by atoms with van der Waals surface area (Å²) in [5.41, 5.74) is -0.479. The molecular formula is C16H24N2OS. The largest absolute Gasteiger partial charge is 0.497 e. The Bertz CT molecular complexity index is 453. The Kier molecular flexibility index (Phi) is 6.38. The van der Waals surface area contributed by atoms with Crippen LogP contribution in [0.3, 0.4) is 0 Å². The summed E-state index contributed by atoms with van der Waals surface area (Å²) in [6.45, 7) is 8.26. The zero-order valence-electron chi connectivity index (χ0n) is 12.9. The fourth-order valence-corrected chi connectivity index (χ4v) is 3.45. The van der Waals surface area contributed by atoms with Crippen molar-refractivity contribution in [1.29, 1.82) is 5.26 Å². The molecule has 3 nitrogen and oxygen atoms in total. The Labute approximate surface area is 126 Å². The Balaban J connectivity index is 2.61. The molecule has 0 aliphatic heterocycles. The molecule has 20 heavy (non-hydrogen) atoms. The van der Waals surface area contributed by atoms with Gasteiger partial charge < -0.3 is 4.74 Å². The van der Waals surface area contributed by atoms with Crippen molar-refractivity contribution in [3.8, 4) is 11.8 Å². The van der Waals surface area contributed by atoms with Crippen molar-refractivity contribution in [2.45, 2.75) is 55.8 Å². The molecule has 0 amide bonds. The predicted octanol–water partition coefficient (Wildman–Crippen LogP) is 3.85. The summed E-state index contributed by atoms with van der Waals surface area (Å²) in [5, 5.41) is 13.1. The maximum Gasteiger partial charge on any atom is 0.118 e. The molecule has 0 bridgehead atoms. The number of hydrogen-bond acceptors (Lipinski definition) is 4. The fraction of sp³-hybridized carbons (Fsp3) is 0.562. The molecule has 110 valence electrons. The first-order valence-corrected chi connectivity index (χ1v) is 7.76. The van der Waals surface area contributed by atoms with Crippen molar-refractivity contribution in [2.24, 2.45) is 0 Å². The first-order valence-electron chi connectivity index (χ1n) is 6.88. The Morgan fingerprint density at radius 1 is 1.30 bits per heavy atom. The maximum absolute atomic E-state index is 9.38. The van der Waals surface area contributed by atoms with Gasteiger partial charge in [-0.3, -0.25) is 5.32 Å². The predicted molar refractivity (Wildman–Crippen MR) is 85.2 cm³/mol. The molecular weight excluding hydrogens is 268 g/mol. The summed E-state index contributed by atoms with van der Waals surface area (Å²) >= 11 is 1.79. The van der Waals surface area contributed by atoms with Crippen molar-refractivity contribution in [3.63, 3.8) is 0 Å².